The number of cyclic esters (lactones) is 2. The summed E-state index contributed by atoms with van der Waals surface area (Å²) in [5.41, 5.74) is 0. The summed E-state index contributed by atoms with van der Waals surface area (Å²) in [6.45, 7) is 4.19. The van der Waals surface area contributed by atoms with Gasteiger partial charge in [0.05, 0.1) is 0 Å². The van der Waals surface area contributed by atoms with Gasteiger partial charge in [0, 0.05) is 6.42 Å². The first kappa shape index (κ1) is 10.4. The van der Waals surface area contributed by atoms with Crippen molar-refractivity contribution in [1.82, 2.24) is 0 Å². The average Bonchev–Trinajstić information content (AvgIpc) is 2.04. The van der Waals surface area contributed by atoms with Crippen LogP contribution in [0.15, 0.2) is 0 Å². The Kier molecular flexibility index (Phi) is 4.06. The lowest BCUT2D eigenvalue weighted by Gasteiger charge is -2.28. The van der Waals surface area contributed by atoms with E-state index in [0.717, 1.165) is 32.1 Å². The first-order chi connectivity index (χ1) is 6.26. The van der Waals surface area contributed by atoms with Gasteiger partial charge in [-0.15, -0.1) is 0 Å². The van der Waals surface area contributed by atoms with Crippen LogP contribution in [0.5, 0.6) is 0 Å². The van der Waals surface area contributed by atoms with Gasteiger partial charge in [-0.25, -0.2) is 4.79 Å². The smallest absolute Gasteiger partial charge is 0.431 e. The van der Waals surface area contributed by atoms with E-state index in [1.54, 1.807) is 0 Å². The van der Waals surface area contributed by atoms with E-state index in [-0.39, 0.29) is 12.2 Å². The van der Waals surface area contributed by atoms with Gasteiger partial charge in [-0.05, 0) is 12.8 Å². The molecule has 1 rings (SSSR count). The van der Waals surface area contributed by atoms with Gasteiger partial charge in [-0.2, -0.15) is 0 Å². The van der Waals surface area contributed by atoms with Gasteiger partial charge in [-0.3, -0.25) is 0 Å². The maximum absolute atomic E-state index is 11.0. The SMILES string of the molecule is CCCC1CC(CCC)OC(=O)O1. The quantitative estimate of drug-likeness (QED) is 0.633. The molecule has 1 heterocycles. The third-order valence-corrected chi connectivity index (χ3v) is 2.27. The van der Waals surface area contributed by atoms with Crippen molar-refractivity contribution < 1.29 is 14.3 Å². The second kappa shape index (κ2) is 5.10. The molecule has 13 heavy (non-hydrogen) atoms. The highest BCUT2D eigenvalue weighted by Crippen LogP contribution is 2.21. The first-order valence-corrected chi connectivity index (χ1v) is 5.13. The lowest BCUT2D eigenvalue weighted by Crippen LogP contribution is -2.34. The van der Waals surface area contributed by atoms with Crippen LogP contribution in [0.1, 0.15) is 46.0 Å². The molecule has 3 heteroatoms. The van der Waals surface area contributed by atoms with Crippen LogP contribution in [0.25, 0.3) is 0 Å². The van der Waals surface area contributed by atoms with Crippen molar-refractivity contribution in [3.8, 4) is 0 Å². The summed E-state index contributed by atoms with van der Waals surface area (Å²) < 4.78 is 10.1. The van der Waals surface area contributed by atoms with Crippen LogP contribution in [-0.4, -0.2) is 18.4 Å². The van der Waals surface area contributed by atoms with Crippen molar-refractivity contribution in [3.05, 3.63) is 0 Å². The van der Waals surface area contributed by atoms with Gasteiger partial charge < -0.3 is 9.47 Å². The van der Waals surface area contributed by atoms with Gasteiger partial charge in [0.25, 0.3) is 0 Å². The van der Waals surface area contributed by atoms with Crippen LogP contribution >= 0.6 is 0 Å². The van der Waals surface area contributed by atoms with Gasteiger partial charge >= 0.3 is 6.16 Å². The molecule has 1 fully saturated rings. The minimum Gasteiger partial charge on any atom is -0.431 e. The van der Waals surface area contributed by atoms with E-state index >= 15 is 0 Å². The van der Waals surface area contributed by atoms with E-state index in [2.05, 4.69) is 13.8 Å². The standard InChI is InChI=1S/C10H18O3/c1-3-5-8-7-9(6-4-2)13-10(11)12-8/h8-9H,3-7H2,1-2H3. The molecule has 1 aliphatic heterocycles. The van der Waals surface area contributed by atoms with Crippen LogP contribution in [-0.2, 0) is 9.47 Å². The number of rotatable bonds is 4. The fraction of sp³-hybridized carbons (Fsp3) is 0.900. The summed E-state index contributed by atoms with van der Waals surface area (Å²) in [7, 11) is 0. The highest BCUT2D eigenvalue weighted by atomic mass is 16.7. The second-order valence-electron chi connectivity index (χ2n) is 3.54. The lowest BCUT2D eigenvalue weighted by molar-refractivity contribution is -0.0641. The molecule has 0 aliphatic carbocycles. The fourth-order valence-corrected chi connectivity index (χ4v) is 1.69. The third kappa shape index (κ3) is 3.25. The zero-order valence-electron chi connectivity index (χ0n) is 8.41. The largest absolute Gasteiger partial charge is 0.508 e. The predicted molar refractivity (Wildman–Crippen MR) is 49.6 cm³/mol. The van der Waals surface area contributed by atoms with Crippen molar-refractivity contribution in [3.63, 3.8) is 0 Å². The second-order valence-corrected chi connectivity index (χ2v) is 3.54. The van der Waals surface area contributed by atoms with Crippen molar-refractivity contribution in [1.29, 1.82) is 0 Å². The minimum absolute atomic E-state index is 0.0859. The molecule has 2 unspecified atom stereocenters. The predicted octanol–water partition coefficient (Wildman–Crippen LogP) is 2.88. The van der Waals surface area contributed by atoms with E-state index in [1.165, 1.54) is 0 Å². The number of carbonyl (C=O) groups is 1. The molecule has 0 bridgehead atoms. The molecule has 1 saturated heterocycles. The fourth-order valence-electron chi connectivity index (χ4n) is 1.69. The van der Waals surface area contributed by atoms with E-state index < -0.39 is 6.16 Å². The van der Waals surface area contributed by atoms with E-state index in [9.17, 15) is 4.79 Å². The maximum atomic E-state index is 11.0. The topological polar surface area (TPSA) is 35.5 Å². The molecular formula is C10H18O3. The Balaban J connectivity index is 2.37. The van der Waals surface area contributed by atoms with Crippen LogP contribution in [0, 0.1) is 0 Å². The molecule has 1 aliphatic rings. The Morgan fingerprint density at radius 2 is 1.62 bits per heavy atom. The summed E-state index contributed by atoms with van der Waals surface area (Å²) in [4.78, 5) is 11.0. The lowest BCUT2D eigenvalue weighted by atomic mass is 10.0. The maximum Gasteiger partial charge on any atom is 0.508 e. The molecule has 0 spiro atoms. The first-order valence-electron chi connectivity index (χ1n) is 5.13. The molecule has 0 saturated carbocycles. The normalized spacial score (nSPS) is 28.0. The molecule has 2 atom stereocenters. The van der Waals surface area contributed by atoms with Crippen LogP contribution in [0.2, 0.25) is 0 Å². The van der Waals surface area contributed by atoms with Crippen molar-refractivity contribution in [2.45, 2.75) is 58.2 Å². The van der Waals surface area contributed by atoms with E-state index in [0.29, 0.717) is 0 Å². The molecule has 0 aromatic rings. The minimum atomic E-state index is -0.483. The summed E-state index contributed by atoms with van der Waals surface area (Å²) in [5, 5.41) is 0. The van der Waals surface area contributed by atoms with Gasteiger partial charge in [-0.1, -0.05) is 26.7 Å². The molecule has 0 aromatic heterocycles. The van der Waals surface area contributed by atoms with Crippen LogP contribution in [0.4, 0.5) is 4.79 Å². The van der Waals surface area contributed by atoms with Gasteiger partial charge in [0.15, 0.2) is 0 Å². The van der Waals surface area contributed by atoms with Crippen molar-refractivity contribution in [2.75, 3.05) is 0 Å². The molecular weight excluding hydrogens is 168 g/mol. The molecule has 3 nitrogen and oxygen atoms in total. The summed E-state index contributed by atoms with van der Waals surface area (Å²) in [6.07, 6.45) is 4.57. The Labute approximate surface area is 79.4 Å². The molecule has 0 N–H and O–H groups in total. The van der Waals surface area contributed by atoms with Gasteiger partial charge in [0.2, 0.25) is 0 Å². The molecule has 0 amide bonds. The third-order valence-electron chi connectivity index (χ3n) is 2.27. The summed E-state index contributed by atoms with van der Waals surface area (Å²) >= 11 is 0. The average molecular weight is 186 g/mol. The molecule has 0 radical (unpaired) electrons. The Morgan fingerprint density at radius 3 is 2.00 bits per heavy atom. The monoisotopic (exact) mass is 186 g/mol. The number of hydrogen-bond acceptors (Lipinski definition) is 3. The number of carbonyl (C=O) groups excluding carboxylic acids is 1. The number of hydrogen-bond donors (Lipinski definition) is 0. The Hall–Kier alpha value is -0.730. The summed E-state index contributed by atoms with van der Waals surface area (Å²) in [5.74, 6) is 0. The molecule has 0 aromatic carbocycles. The van der Waals surface area contributed by atoms with E-state index in [1.807, 2.05) is 0 Å². The molecule has 76 valence electrons. The highest BCUT2D eigenvalue weighted by molar-refractivity contribution is 5.61. The van der Waals surface area contributed by atoms with Gasteiger partial charge in [0.1, 0.15) is 12.2 Å². The van der Waals surface area contributed by atoms with E-state index in [4.69, 9.17) is 9.47 Å². The van der Waals surface area contributed by atoms with Crippen molar-refractivity contribution >= 4 is 6.16 Å². The Bertz CT molecular complexity index is 152. The number of ether oxygens (including phenoxy) is 2. The zero-order valence-corrected chi connectivity index (χ0v) is 8.41. The zero-order chi connectivity index (χ0) is 9.68. The Morgan fingerprint density at radius 1 is 1.15 bits per heavy atom. The highest BCUT2D eigenvalue weighted by Gasteiger charge is 2.28. The van der Waals surface area contributed by atoms with Crippen LogP contribution in [0.3, 0.4) is 0 Å². The van der Waals surface area contributed by atoms with Crippen LogP contribution < -0.4 is 0 Å². The summed E-state index contributed by atoms with van der Waals surface area (Å²) in [6, 6.07) is 0. The van der Waals surface area contributed by atoms with Crippen molar-refractivity contribution in [2.24, 2.45) is 0 Å².